The molecule has 0 aromatic heterocycles. The van der Waals surface area contributed by atoms with Crippen LogP contribution >= 0.6 is 0 Å². The topological polar surface area (TPSA) is 55.4 Å². The van der Waals surface area contributed by atoms with Gasteiger partial charge in [-0.15, -0.1) is 0 Å². The highest BCUT2D eigenvalue weighted by Crippen LogP contribution is 2.30. The van der Waals surface area contributed by atoms with Gasteiger partial charge in [-0.2, -0.15) is 0 Å². The maximum Gasteiger partial charge on any atom is 0.338 e. The Labute approximate surface area is 192 Å². The van der Waals surface area contributed by atoms with Crippen LogP contribution in [0.5, 0.6) is 0 Å². The largest absolute Gasteiger partial charge is 0.465 e. The lowest BCUT2D eigenvalue weighted by Gasteiger charge is -2.27. The number of amides is 1. The van der Waals surface area contributed by atoms with Crippen LogP contribution in [0, 0.1) is 12.8 Å². The molecular weight excluding hydrogens is 398 g/mol. The van der Waals surface area contributed by atoms with E-state index in [9.17, 15) is 9.59 Å². The zero-order valence-corrected chi connectivity index (χ0v) is 19.8. The first-order valence-corrected chi connectivity index (χ1v) is 12.1. The van der Waals surface area contributed by atoms with Crippen molar-refractivity contribution in [2.24, 2.45) is 5.92 Å². The van der Waals surface area contributed by atoms with E-state index in [-0.39, 0.29) is 17.9 Å². The van der Waals surface area contributed by atoms with E-state index in [1.54, 1.807) is 6.07 Å². The van der Waals surface area contributed by atoms with Crippen LogP contribution in [0.3, 0.4) is 0 Å². The van der Waals surface area contributed by atoms with Crippen LogP contribution in [-0.4, -0.2) is 25.0 Å². The Morgan fingerprint density at radius 2 is 1.81 bits per heavy atom. The molecule has 2 aromatic carbocycles. The van der Waals surface area contributed by atoms with Gasteiger partial charge < -0.3 is 10.1 Å². The maximum absolute atomic E-state index is 12.9. The second-order valence-corrected chi connectivity index (χ2v) is 9.16. The molecule has 0 aliphatic heterocycles. The summed E-state index contributed by atoms with van der Waals surface area (Å²) < 4.78 is 4.99. The third kappa shape index (κ3) is 6.44. The van der Waals surface area contributed by atoms with E-state index in [1.807, 2.05) is 43.3 Å². The van der Waals surface area contributed by atoms with Gasteiger partial charge in [0.15, 0.2) is 0 Å². The number of hydrogen-bond donors (Lipinski definition) is 1. The Bertz CT molecular complexity index is 915. The number of hydrogen-bond acceptors (Lipinski definition) is 3. The molecule has 3 rings (SSSR count). The van der Waals surface area contributed by atoms with Crippen LogP contribution < -0.4 is 5.32 Å². The molecule has 4 nitrogen and oxygen atoms in total. The van der Waals surface area contributed by atoms with Crippen LogP contribution in [0.25, 0.3) is 11.1 Å². The molecule has 0 saturated heterocycles. The number of carbonyl (C=O) groups excluding carboxylic acids is 2. The van der Waals surface area contributed by atoms with E-state index in [4.69, 9.17) is 4.74 Å². The minimum Gasteiger partial charge on any atom is -0.465 e. The first kappa shape index (κ1) is 24.0. The van der Waals surface area contributed by atoms with Crippen molar-refractivity contribution in [3.8, 4) is 11.1 Å². The molecule has 1 N–H and O–H groups in total. The Balaban J connectivity index is 1.75. The molecule has 1 aliphatic rings. The number of nitrogens with one attached hydrogen (secondary N) is 1. The van der Waals surface area contributed by atoms with Gasteiger partial charge in [-0.05, 0) is 60.1 Å². The fourth-order valence-electron chi connectivity index (χ4n) is 4.97. The Morgan fingerprint density at radius 3 is 2.50 bits per heavy atom. The van der Waals surface area contributed by atoms with E-state index in [0.717, 1.165) is 47.4 Å². The van der Waals surface area contributed by atoms with E-state index in [1.165, 1.54) is 39.2 Å². The smallest absolute Gasteiger partial charge is 0.338 e. The van der Waals surface area contributed by atoms with Crippen LogP contribution in [0.1, 0.15) is 79.8 Å². The summed E-state index contributed by atoms with van der Waals surface area (Å²) >= 11 is 0. The number of rotatable bonds is 9. The predicted molar refractivity (Wildman–Crippen MR) is 130 cm³/mol. The van der Waals surface area contributed by atoms with Gasteiger partial charge in [-0.25, -0.2) is 4.79 Å². The molecule has 1 atom stereocenters. The maximum atomic E-state index is 12.9. The molecule has 4 heteroatoms. The van der Waals surface area contributed by atoms with E-state index in [2.05, 4.69) is 12.2 Å². The SMILES string of the molecule is CCCC(CC1CCCCC1)NC(=O)Cc1ccc(C(=O)OC)c(-c2ccccc2C)c1. The Morgan fingerprint density at radius 1 is 1.06 bits per heavy atom. The third-order valence-corrected chi connectivity index (χ3v) is 6.63. The Hall–Kier alpha value is -2.62. The molecule has 172 valence electrons. The standard InChI is InChI=1S/C28H37NO3/c1-4-10-23(17-21-12-6-5-7-13-21)29-27(30)19-22-15-16-25(28(31)32-3)26(18-22)24-14-9-8-11-20(24)2/h8-9,11,14-16,18,21,23H,4-7,10,12-13,17,19H2,1-3H3,(H,29,30). The highest BCUT2D eigenvalue weighted by Gasteiger charge is 2.21. The molecule has 0 radical (unpaired) electrons. The second kappa shape index (κ2) is 11.8. The molecule has 0 spiro atoms. The summed E-state index contributed by atoms with van der Waals surface area (Å²) in [5, 5.41) is 3.30. The summed E-state index contributed by atoms with van der Waals surface area (Å²) in [6.07, 6.45) is 10.1. The minimum atomic E-state index is -0.366. The summed E-state index contributed by atoms with van der Waals surface area (Å²) in [7, 11) is 1.39. The fraction of sp³-hybridized carbons (Fsp3) is 0.500. The van der Waals surface area contributed by atoms with Crippen molar-refractivity contribution in [2.45, 2.75) is 77.7 Å². The predicted octanol–water partition coefficient (Wildman–Crippen LogP) is 6.25. The average Bonchev–Trinajstić information content (AvgIpc) is 2.79. The average molecular weight is 436 g/mol. The van der Waals surface area contributed by atoms with Gasteiger partial charge in [-0.1, -0.05) is 75.8 Å². The van der Waals surface area contributed by atoms with Crippen molar-refractivity contribution in [1.82, 2.24) is 5.32 Å². The lowest BCUT2D eigenvalue weighted by molar-refractivity contribution is -0.121. The van der Waals surface area contributed by atoms with E-state index in [0.29, 0.717) is 12.0 Å². The van der Waals surface area contributed by atoms with Crippen molar-refractivity contribution in [1.29, 1.82) is 0 Å². The molecule has 1 saturated carbocycles. The third-order valence-electron chi connectivity index (χ3n) is 6.63. The van der Waals surface area contributed by atoms with Crippen LogP contribution in [0.2, 0.25) is 0 Å². The van der Waals surface area contributed by atoms with Crippen LogP contribution in [0.4, 0.5) is 0 Å². The number of carbonyl (C=O) groups is 2. The summed E-state index contributed by atoms with van der Waals surface area (Å²) in [5.41, 5.74) is 4.30. The molecule has 1 aliphatic carbocycles. The quantitative estimate of drug-likeness (QED) is 0.474. The Kier molecular flexibility index (Phi) is 8.90. The van der Waals surface area contributed by atoms with Crippen molar-refractivity contribution >= 4 is 11.9 Å². The van der Waals surface area contributed by atoms with Gasteiger partial charge in [0.05, 0.1) is 19.1 Å². The van der Waals surface area contributed by atoms with Crippen molar-refractivity contribution in [3.05, 3.63) is 59.2 Å². The van der Waals surface area contributed by atoms with Gasteiger partial charge >= 0.3 is 5.97 Å². The second-order valence-electron chi connectivity index (χ2n) is 9.16. The van der Waals surface area contributed by atoms with Gasteiger partial charge in [0, 0.05) is 6.04 Å². The fourth-order valence-corrected chi connectivity index (χ4v) is 4.97. The van der Waals surface area contributed by atoms with Crippen molar-refractivity contribution in [3.63, 3.8) is 0 Å². The first-order chi connectivity index (χ1) is 15.5. The first-order valence-electron chi connectivity index (χ1n) is 12.1. The lowest BCUT2D eigenvalue weighted by Crippen LogP contribution is -2.37. The molecule has 1 amide bonds. The molecule has 32 heavy (non-hydrogen) atoms. The summed E-state index contributed by atoms with van der Waals surface area (Å²) in [6.45, 7) is 4.20. The molecular formula is C28H37NO3. The van der Waals surface area contributed by atoms with Crippen LogP contribution in [0.15, 0.2) is 42.5 Å². The molecule has 2 aromatic rings. The van der Waals surface area contributed by atoms with Gasteiger partial charge in [-0.3, -0.25) is 4.79 Å². The highest BCUT2D eigenvalue weighted by atomic mass is 16.5. The zero-order chi connectivity index (χ0) is 22.9. The van der Waals surface area contributed by atoms with Crippen molar-refractivity contribution < 1.29 is 14.3 Å². The monoisotopic (exact) mass is 435 g/mol. The minimum absolute atomic E-state index is 0.0563. The number of benzene rings is 2. The van der Waals surface area contributed by atoms with Crippen LogP contribution in [-0.2, 0) is 16.0 Å². The summed E-state index contributed by atoms with van der Waals surface area (Å²) in [5.74, 6) is 0.433. The molecule has 1 fully saturated rings. The molecule has 0 heterocycles. The van der Waals surface area contributed by atoms with Gasteiger partial charge in [0.25, 0.3) is 0 Å². The van der Waals surface area contributed by atoms with Gasteiger partial charge in [0.2, 0.25) is 5.91 Å². The van der Waals surface area contributed by atoms with E-state index >= 15 is 0 Å². The lowest BCUT2D eigenvalue weighted by atomic mass is 9.84. The number of esters is 1. The van der Waals surface area contributed by atoms with E-state index < -0.39 is 0 Å². The summed E-state index contributed by atoms with van der Waals surface area (Å²) in [6, 6.07) is 13.8. The normalized spacial score (nSPS) is 15.2. The van der Waals surface area contributed by atoms with Crippen molar-refractivity contribution in [2.75, 3.05) is 7.11 Å². The van der Waals surface area contributed by atoms with Gasteiger partial charge in [0.1, 0.15) is 0 Å². The summed E-state index contributed by atoms with van der Waals surface area (Å²) in [4.78, 5) is 25.3. The number of ether oxygens (including phenoxy) is 1. The molecule has 0 bridgehead atoms. The highest BCUT2D eigenvalue weighted by molar-refractivity contribution is 5.98. The number of methoxy groups -OCH3 is 1. The zero-order valence-electron chi connectivity index (χ0n) is 19.8. The number of aryl methyl sites for hydroxylation is 1. The molecule has 1 unspecified atom stereocenters.